The molecule has 0 amide bonds. The number of hydrogen-bond donors (Lipinski definition) is 1. The first kappa shape index (κ1) is 13.2. The Morgan fingerprint density at radius 2 is 2.19 bits per heavy atom. The van der Waals surface area contributed by atoms with Gasteiger partial charge in [0.25, 0.3) is 0 Å². The lowest BCUT2D eigenvalue weighted by molar-refractivity contribution is 0.0457. The average Bonchev–Trinajstić information content (AvgIpc) is 2.26. The van der Waals surface area contributed by atoms with Crippen LogP contribution in [0.5, 0.6) is 5.75 Å². The zero-order valence-corrected chi connectivity index (χ0v) is 10.4. The van der Waals surface area contributed by atoms with Crippen molar-refractivity contribution in [1.82, 2.24) is 4.98 Å². The van der Waals surface area contributed by atoms with Crippen LogP contribution in [-0.2, 0) is 4.74 Å². The van der Waals surface area contributed by atoms with Gasteiger partial charge in [0.2, 0.25) is 0 Å². The Balaban J connectivity index is 2.97. The average molecular weight is 246 g/mol. The van der Waals surface area contributed by atoms with Crippen LogP contribution in [-0.4, -0.2) is 24.0 Å². The van der Waals surface area contributed by atoms with E-state index in [0.29, 0.717) is 16.5 Å². The molecule has 1 heterocycles. The number of ether oxygens (including phenoxy) is 2. The normalized spacial score (nSPS) is 12.9. The van der Waals surface area contributed by atoms with Crippen LogP contribution >= 0.6 is 11.6 Å². The Morgan fingerprint density at radius 1 is 1.50 bits per heavy atom. The molecule has 1 aromatic heterocycles. The van der Waals surface area contributed by atoms with E-state index in [1.165, 1.54) is 13.3 Å². The second-order valence-corrected chi connectivity index (χ2v) is 4.17. The minimum absolute atomic E-state index is 0.0726. The van der Waals surface area contributed by atoms with Gasteiger partial charge in [0.1, 0.15) is 10.9 Å². The topological polar surface area (TPSA) is 51.6 Å². The van der Waals surface area contributed by atoms with E-state index in [9.17, 15) is 5.11 Å². The van der Waals surface area contributed by atoms with Crippen LogP contribution in [0.1, 0.15) is 25.5 Å². The third-order valence-corrected chi connectivity index (χ3v) is 2.35. The Bertz CT molecular complexity index is 344. The van der Waals surface area contributed by atoms with E-state index >= 15 is 0 Å². The molecule has 0 aliphatic heterocycles. The van der Waals surface area contributed by atoms with Crippen LogP contribution in [0.25, 0.3) is 0 Å². The summed E-state index contributed by atoms with van der Waals surface area (Å²) in [6.07, 6.45) is 0.856. The molecule has 0 spiro atoms. The fourth-order valence-corrected chi connectivity index (χ4v) is 1.43. The standard InChI is InChI=1S/C11H16ClNO3/c1-7(2)11(14)8-4-10(12)13-5-9(8)16-6-15-3/h4-5,7,11,14H,6H2,1-3H3. The van der Waals surface area contributed by atoms with Crippen LogP contribution in [0.4, 0.5) is 0 Å². The first-order chi connectivity index (χ1) is 7.56. The van der Waals surface area contributed by atoms with Crippen molar-refractivity contribution in [3.63, 3.8) is 0 Å². The van der Waals surface area contributed by atoms with Gasteiger partial charge in [-0.05, 0) is 12.0 Å². The number of nitrogens with zero attached hydrogens (tertiary/aromatic N) is 1. The SMILES string of the molecule is COCOc1cnc(Cl)cc1C(O)C(C)C. The molecular weight excluding hydrogens is 230 g/mol. The van der Waals surface area contributed by atoms with Crippen LogP contribution in [0.15, 0.2) is 12.3 Å². The number of aliphatic hydroxyl groups is 1. The second-order valence-electron chi connectivity index (χ2n) is 3.78. The highest BCUT2D eigenvalue weighted by Gasteiger charge is 2.18. The van der Waals surface area contributed by atoms with Crippen molar-refractivity contribution in [1.29, 1.82) is 0 Å². The minimum Gasteiger partial charge on any atom is -0.466 e. The lowest BCUT2D eigenvalue weighted by Gasteiger charge is -2.18. The predicted molar refractivity (Wildman–Crippen MR) is 61.5 cm³/mol. The van der Waals surface area contributed by atoms with E-state index in [2.05, 4.69) is 4.98 Å². The van der Waals surface area contributed by atoms with Crippen molar-refractivity contribution in [2.24, 2.45) is 5.92 Å². The van der Waals surface area contributed by atoms with Gasteiger partial charge in [0.05, 0.1) is 12.3 Å². The Labute approximate surface area is 100 Å². The van der Waals surface area contributed by atoms with E-state index in [-0.39, 0.29) is 12.7 Å². The maximum absolute atomic E-state index is 10.00. The maximum atomic E-state index is 10.00. The number of halogens is 1. The lowest BCUT2D eigenvalue weighted by atomic mass is 9.99. The van der Waals surface area contributed by atoms with Gasteiger partial charge in [-0.2, -0.15) is 0 Å². The lowest BCUT2D eigenvalue weighted by Crippen LogP contribution is -2.10. The highest BCUT2D eigenvalue weighted by molar-refractivity contribution is 6.29. The molecule has 0 aliphatic carbocycles. The largest absolute Gasteiger partial charge is 0.466 e. The Hall–Kier alpha value is -0.840. The zero-order valence-electron chi connectivity index (χ0n) is 9.61. The van der Waals surface area contributed by atoms with Gasteiger partial charge >= 0.3 is 0 Å². The van der Waals surface area contributed by atoms with Crippen molar-refractivity contribution in [2.45, 2.75) is 20.0 Å². The molecule has 1 rings (SSSR count). The summed E-state index contributed by atoms with van der Waals surface area (Å²) in [5.74, 6) is 0.566. The van der Waals surface area contributed by atoms with Gasteiger partial charge in [-0.25, -0.2) is 4.98 Å². The summed E-state index contributed by atoms with van der Waals surface area (Å²) in [5, 5.41) is 10.3. The fraction of sp³-hybridized carbons (Fsp3) is 0.545. The highest BCUT2D eigenvalue weighted by atomic mass is 35.5. The Kier molecular flexibility index (Phi) is 4.99. The molecule has 0 radical (unpaired) electrons. The molecule has 4 nitrogen and oxygen atoms in total. The summed E-state index contributed by atoms with van der Waals surface area (Å²) in [4.78, 5) is 3.91. The van der Waals surface area contributed by atoms with Gasteiger partial charge in [0, 0.05) is 12.7 Å². The Morgan fingerprint density at radius 3 is 2.75 bits per heavy atom. The summed E-state index contributed by atoms with van der Waals surface area (Å²) in [5.41, 5.74) is 0.632. The van der Waals surface area contributed by atoms with Crippen LogP contribution < -0.4 is 4.74 Å². The molecule has 0 fully saturated rings. The first-order valence-corrected chi connectivity index (χ1v) is 5.39. The van der Waals surface area contributed by atoms with Crippen molar-refractivity contribution in [3.05, 3.63) is 23.0 Å². The molecule has 1 N–H and O–H groups in total. The van der Waals surface area contributed by atoms with Crippen molar-refractivity contribution in [2.75, 3.05) is 13.9 Å². The molecule has 0 aromatic carbocycles. The summed E-state index contributed by atoms with van der Waals surface area (Å²) >= 11 is 5.79. The first-order valence-electron chi connectivity index (χ1n) is 5.01. The van der Waals surface area contributed by atoms with Crippen LogP contribution in [0.2, 0.25) is 5.15 Å². The van der Waals surface area contributed by atoms with E-state index < -0.39 is 6.10 Å². The second kappa shape index (κ2) is 6.03. The summed E-state index contributed by atoms with van der Waals surface area (Å²) < 4.78 is 10.1. The van der Waals surface area contributed by atoms with Crippen molar-refractivity contribution in [3.8, 4) is 5.75 Å². The number of hydrogen-bond acceptors (Lipinski definition) is 4. The number of rotatable bonds is 5. The van der Waals surface area contributed by atoms with E-state index in [0.717, 1.165) is 0 Å². The van der Waals surface area contributed by atoms with Crippen molar-refractivity contribution >= 4 is 11.6 Å². The monoisotopic (exact) mass is 245 g/mol. The fourth-order valence-electron chi connectivity index (χ4n) is 1.26. The minimum atomic E-state index is -0.632. The molecular formula is C11H16ClNO3. The molecule has 1 atom stereocenters. The molecule has 0 saturated carbocycles. The number of pyridine rings is 1. The zero-order chi connectivity index (χ0) is 12.1. The maximum Gasteiger partial charge on any atom is 0.188 e. The molecule has 16 heavy (non-hydrogen) atoms. The smallest absolute Gasteiger partial charge is 0.188 e. The number of aliphatic hydroxyl groups excluding tert-OH is 1. The molecule has 1 aromatic rings. The third kappa shape index (κ3) is 3.33. The third-order valence-electron chi connectivity index (χ3n) is 2.15. The molecule has 5 heteroatoms. The van der Waals surface area contributed by atoms with Gasteiger partial charge in [-0.15, -0.1) is 0 Å². The summed E-state index contributed by atoms with van der Waals surface area (Å²) in [7, 11) is 1.53. The van der Waals surface area contributed by atoms with E-state index in [4.69, 9.17) is 21.1 Å². The number of methoxy groups -OCH3 is 1. The van der Waals surface area contributed by atoms with Crippen LogP contribution in [0.3, 0.4) is 0 Å². The molecule has 1 unspecified atom stereocenters. The molecule has 0 aliphatic rings. The van der Waals surface area contributed by atoms with E-state index in [1.807, 2.05) is 13.8 Å². The van der Waals surface area contributed by atoms with Gasteiger partial charge in [0.15, 0.2) is 6.79 Å². The molecule has 0 saturated heterocycles. The highest BCUT2D eigenvalue weighted by Crippen LogP contribution is 2.31. The predicted octanol–water partition coefficient (Wildman–Crippen LogP) is 2.41. The molecule has 90 valence electrons. The van der Waals surface area contributed by atoms with Gasteiger partial charge in [-0.1, -0.05) is 25.4 Å². The van der Waals surface area contributed by atoms with Crippen LogP contribution in [0, 0.1) is 5.92 Å². The summed E-state index contributed by atoms with van der Waals surface area (Å²) in [6, 6.07) is 1.61. The van der Waals surface area contributed by atoms with E-state index in [1.54, 1.807) is 6.07 Å². The van der Waals surface area contributed by atoms with Gasteiger partial charge < -0.3 is 14.6 Å². The van der Waals surface area contributed by atoms with Crippen molar-refractivity contribution < 1.29 is 14.6 Å². The number of aromatic nitrogens is 1. The van der Waals surface area contributed by atoms with Gasteiger partial charge in [-0.3, -0.25) is 0 Å². The quantitative estimate of drug-likeness (QED) is 0.639. The summed E-state index contributed by atoms with van der Waals surface area (Å²) in [6.45, 7) is 3.94. The molecule has 0 bridgehead atoms.